The molecule has 0 aliphatic heterocycles. The van der Waals surface area contributed by atoms with E-state index in [-0.39, 0.29) is 5.41 Å². The van der Waals surface area contributed by atoms with Crippen molar-refractivity contribution in [3.63, 3.8) is 0 Å². The lowest BCUT2D eigenvalue weighted by Gasteiger charge is -2.31. The lowest BCUT2D eigenvalue weighted by atomic mass is 9.70. The fourth-order valence-electron chi connectivity index (χ4n) is 8.95. The van der Waals surface area contributed by atoms with Crippen LogP contribution < -0.4 is 4.90 Å². The van der Waals surface area contributed by atoms with Crippen molar-refractivity contribution in [1.82, 2.24) is 0 Å². The Labute approximate surface area is 284 Å². The first-order valence-corrected chi connectivity index (χ1v) is 16.9. The van der Waals surface area contributed by atoms with E-state index in [1.54, 1.807) is 0 Å². The summed E-state index contributed by atoms with van der Waals surface area (Å²) in [4.78, 5) is 2.40. The van der Waals surface area contributed by atoms with Crippen LogP contribution in [0, 0.1) is 0 Å². The van der Waals surface area contributed by atoms with Crippen LogP contribution in [0.25, 0.3) is 55.0 Å². The zero-order valence-corrected chi connectivity index (χ0v) is 26.6. The molecule has 0 saturated carbocycles. The summed E-state index contributed by atoms with van der Waals surface area (Å²) in [5, 5.41) is 4.54. The fourth-order valence-corrected chi connectivity index (χ4v) is 8.95. The molecule has 0 saturated heterocycles. The second-order valence-corrected chi connectivity index (χ2v) is 13.2. The van der Waals surface area contributed by atoms with Crippen LogP contribution in [0.2, 0.25) is 0 Å². The van der Waals surface area contributed by atoms with Crippen molar-refractivity contribution in [2.75, 3.05) is 4.90 Å². The van der Waals surface area contributed by atoms with E-state index in [9.17, 15) is 0 Å². The molecule has 0 amide bonds. The molecule has 0 radical (unpaired) electrons. The van der Waals surface area contributed by atoms with Crippen LogP contribution in [-0.4, -0.2) is 0 Å². The number of benzene rings is 8. The maximum Gasteiger partial charge on any atom is 0.143 e. The average molecular weight is 624 g/mol. The van der Waals surface area contributed by atoms with Gasteiger partial charge in [0, 0.05) is 22.1 Å². The van der Waals surface area contributed by atoms with E-state index < -0.39 is 0 Å². The van der Waals surface area contributed by atoms with Gasteiger partial charge in [0.05, 0.1) is 16.5 Å². The molecule has 2 nitrogen and oxygen atoms in total. The number of furan rings is 1. The molecule has 1 aromatic heterocycles. The second-order valence-electron chi connectivity index (χ2n) is 13.2. The minimum absolute atomic E-state index is 0.364. The molecule has 1 heterocycles. The lowest BCUT2D eigenvalue weighted by Crippen LogP contribution is -2.25. The predicted octanol–water partition coefficient (Wildman–Crippen LogP) is 12.6. The van der Waals surface area contributed by atoms with Gasteiger partial charge in [-0.25, -0.2) is 0 Å². The molecule has 2 heteroatoms. The molecule has 0 N–H and O–H groups in total. The fraction of sp³-hybridized carbons (Fsp3) is 0.0213. The first kappa shape index (κ1) is 26.7. The molecular formula is C47H29NO. The summed E-state index contributed by atoms with van der Waals surface area (Å²) in [5.74, 6) is 0. The van der Waals surface area contributed by atoms with Crippen molar-refractivity contribution >= 4 is 49.8 Å². The number of anilines is 3. The topological polar surface area (TPSA) is 16.4 Å². The zero-order valence-electron chi connectivity index (χ0n) is 26.6. The highest BCUT2D eigenvalue weighted by atomic mass is 16.3. The quantitative estimate of drug-likeness (QED) is 0.195. The molecule has 0 fully saturated rings. The summed E-state index contributed by atoms with van der Waals surface area (Å²) in [5.41, 5.74) is 15.4. The lowest BCUT2D eigenvalue weighted by molar-refractivity contribution is 0.672. The average Bonchev–Trinajstić information content (AvgIpc) is 3.80. The van der Waals surface area contributed by atoms with Gasteiger partial charge in [-0.2, -0.15) is 0 Å². The second kappa shape index (κ2) is 9.82. The Bertz CT molecular complexity index is 2740. The van der Waals surface area contributed by atoms with Gasteiger partial charge in [-0.15, -0.1) is 0 Å². The Morgan fingerprint density at radius 2 is 1.02 bits per heavy atom. The van der Waals surface area contributed by atoms with Gasteiger partial charge >= 0.3 is 0 Å². The normalized spacial score (nSPS) is 13.5. The van der Waals surface area contributed by atoms with Gasteiger partial charge in [-0.05, 0) is 92.4 Å². The van der Waals surface area contributed by atoms with Crippen molar-refractivity contribution in [3.05, 3.63) is 198 Å². The van der Waals surface area contributed by atoms with E-state index in [1.165, 1.54) is 49.9 Å². The third-order valence-electron chi connectivity index (χ3n) is 10.9. The smallest absolute Gasteiger partial charge is 0.143 e. The van der Waals surface area contributed by atoms with E-state index in [0.717, 1.165) is 44.4 Å². The molecule has 2 aliphatic rings. The number of rotatable bonds is 3. The first-order chi connectivity index (χ1) is 24.3. The Morgan fingerprint density at radius 3 is 1.76 bits per heavy atom. The number of fused-ring (bicyclic) bond motifs is 15. The molecule has 9 aromatic rings. The van der Waals surface area contributed by atoms with E-state index in [0.29, 0.717) is 0 Å². The van der Waals surface area contributed by atoms with E-state index in [2.05, 4.69) is 181 Å². The van der Waals surface area contributed by atoms with Crippen LogP contribution in [0.5, 0.6) is 0 Å². The number of hydrogen-bond donors (Lipinski definition) is 0. The summed E-state index contributed by atoms with van der Waals surface area (Å²) < 4.78 is 6.65. The van der Waals surface area contributed by atoms with Crippen LogP contribution in [0.15, 0.2) is 180 Å². The first-order valence-electron chi connectivity index (χ1n) is 16.9. The van der Waals surface area contributed by atoms with Gasteiger partial charge in [0.25, 0.3) is 0 Å². The van der Waals surface area contributed by atoms with Gasteiger partial charge in [-0.3, -0.25) is 0 Å². The van der Waals surface area contributed by atoms with Crippen molar-refractivity contribution in [2.45, 2.75) is 5.41 Å². The minimum atomic E-state index is -0.364. The summed E-state index contributed by atoms with van der Waals surface area (Å²) in [7, 11) is 0. The zero-order chi connectivity index (χ0) is 32.1. The molecule has 8 aromatic carbocycles. The highest BCUT2D eigenvalue weighted by Crippen LogP contribution is 2.63. The Morgan fingerprint density at radius 1 is 0.408 bits per heavy atom. The Hall–Kier alpha value is -6.38. The predicted molar refractivity (Wildman–Crippen MR) is 202 cm³/mol. The van der Waals surface area contributed by atoms with Crippen molar-refractivity contribution in [3.8, 4) is 22.3 Å². The summed E-state index contributed by atoms with van der Waals surface area (Å²) in [6.07, 6.45) is 0. The van der Waals surface area contributed by atoms with Gasteiger partial charge < -0.3 is 9.32 Å². The number of para-hydroxylation sites is 1. The van der Waals surface area contributed by atoms with Gasteiger partial charge in [-0.1, -0.05) is 133 Å². The van der Waals surface area contributed by atoms with Crippen molar-refractivity contribution in [2.24, 2.45) is 0 Å². The summed E-state index contributed by atoms with van der Waals surface area (Å²) in [6, 6.07) is 64.1. The number of nitrogens with zero attached hydrogens (tertiary/aromatic N) is 1. The van der Waals surface area contributed by atoms with Gasteiger partial charge in [0.2, 0.25) is 0 Å². The maximum atomic E-state index is 6.65. The molecule has 0 bridgehead atoms. The molecule has 0 atom stereocenters. The van der Waals surface area contributed by atoms with Crippen molar-refractivity contribution in [1.29, 1.82) is 0 Å². The highest BCUT2D eigenvalue weighted by molar-refractivity contribution is 6.19. The molecule has 49 heavy (non-hydrogen) atoms. The summed E-state index contributed by atoms with van der Waals surface area (Å²) in [6.45, 7) is 0. The van der Waals surface area contributed by atoms with Crippen molar-refractivity contribution < 1.29 is 4.42 Å². The number of hydrogen-bond acceptors (Lipinski definition) is 2. The molecule has 228 valence electrons. The molecule has 2 aliphatic carbocycles. The van der Waals surface area contributed by atoms with E-state index in [4.69, 9.17) is 4.42 Å². The minimum Gasteiger partial charge on any atom is -0.455 e. The molecule has 1 spiro atoms. The van der Waals surface area contributed by atoms with Crippen LogP contribution in [0.3, 0.4) is 0 Å². The Kier molecular flexibility index (Phi) is 5.34. The van der Waals surface area contributed by atoms with E-state index in [1.807, 2.05) is 0 Å². The van der Waals surface area contributed by atoms with Gasteiger partial charge in [0.15, 0.2) is 0 Å². The van der Waals surface area contributed by atoms with Gasteiger partial charge in [0.1, 0.15) is 11.2 Å². The molecule has 0 unspecified atom stereocenters. The third kappa shape index (κ3) is 3.45. The highest BCUT2D eigenvalue weighted by Gasteiger charge is 2.51. The van der Waals surface area contributed by atoms with E-state index >= 15 is 0 Å². The van der Waals surface area contributed by atoms with Crippen LogP contribution in [0.4, 0.5) is 17.1 Å². The molecule has 11 rings (SSSR count). The largest absolute Gasteiger partial charge is 0.455 e. The third-order valence-corrected chi connectivity index (χ3v) is 10.9. The molecular weight excluding hydrogens is 595 g/mol. The van der Waals surface area contributed by atoms with Crippen LogP contribution in [-0.2, 0) is 5.41 Å². The summed E-state index contributed by atoms with van der Waals surface area (Å²) >= 11 is 0. The monoisotopic (exact) mass is 623 g/mol. The standard InChI is InChI=1S/C47H29NO/c1-2-14-31(15-3-1)48(43-23-12-24-44-45(43)37-27-25-30-13-4-5-16-33(30)46(37)49-44)32-26-28-42-38(29-32)36-19-8-11-22-41(36)47(42)39-20-9-6-17-34(39)35-18-7-10-21-40(35)47/h1-29H. The van der Waals surface area contributed by atoms with Crippen LogP contribution >= 0.6 is 0 Å². The SMILES string of the molecule is c1ccc(N(c2ccc3c(c2)-c2ccccc2C32c3ccccc3-c3ccccc32)c2cccc3oc4c5ccccc5ccc4c23)cc1. The maximum absolute atomic E-state index is 6.65. The Balaban J connectivity index is 1.20. The van der Waals surface area contributed by atoms with Crippen LogP contribution in [0.1, 0.15) is 22.3 Å².